The highest BCUT2D eigenvalue weighted by Gasteiger charge is 2.12. The van der Waals surface area contributed by atoms with E-state index in [1.165, 1.54) is 21.1 Å². The lowest BCUT2D eigenvalue weighted by molar-refractivity contribution is 0.289. The average Bonchev–Trinajstić information content (AvgIpc) is 3.28. The standard InChI is InChI=1S/C18H17N5O2S2/c1-24-12-5-4-6-13(9-12)25-10-16-21-22-18(23(16)19)26-11-17-20-14-7-2-3-8-15(14)27-17/h2-9H,10-11,19H2,1H3. The third-order valence-electron chi connectivity index (χ3n) is 3.81. The van der Waals surface area contributed by atoms with Crippen LogP contribution in [0, 0.1) is 0 Å². The monoisotopic (exact) mass is 399 g/mol. The second-order valence-electron chi connectivity index (χ2n) is 5.60. The summed E-state index contributed by atoms with van der Waals surface area (Å²) in [6.45, 7) is 0.221. The van der Waals surface area contributed by atoms with Gasteiger partial charge in [0.15, 0.2) is 5.82 Å². The normalized spacial score (nSPS) is 11.0. The summed E-state index contributed by atoms with van der Waals surface area (Å²) >= 11 is 3.17. The van der Waals surface area contributed by atoms with Gasteiger partial charge in [-0.05, 0) is 24.3 Å². The molecule has 0 atom stereocenters. The van der Waals surface area contributed by atoms with Crippen molar-refractivity contribution in [2.45, 2.75) is 17.5 Å². The van der Waals surface area contributed by atoms with Crippen LogP contribution in [0.25, 0.3) is 10.2 Å². The molecule has 0 unspecified atom stereocenters. The maximum atomic E-state index is 6.11. The fourth-order valence-electron chi connectivity index (χ4n) is 2.45. The van der Waals surface area contributed by atoms with Gasteiger partial charge in [0.25, 0.3) is 0 Å². The number of hydrogen-bond donors (Lipinski definition) is 1. The van der Waals surface area contributed by atoms with Gasteiger partial charge in [-0.1, -0.05) is 30.0 Å². The molecule has 2 heterocycles. The molecule has 4 rings (SSSR count). The molecule has 0 fully saturated rings. The predicted molar refractivity (Wildman–Crippen MR) is 107 cm³/mol. The summed E-state index contributed by atoms with van der Waals surface area (Å²) in [7, 11) is 1.62. The van der Waals surface area contributed by atoms with Crippen LogP contribution in [0.4, 0.5) is 0 Å². The Kier molecular flexibility index (Phi) is 5.12. The molecular weight excluding hydrogens is 382 g/mol. The number of thiazole rings is 1. The highest BCUT2D eigenvalue weighted by Crippen LogP contribution is 2.27. The number of fused-ring (bicyclic) bond motifs is 1. The predicted octanol–water partition coefficient (Wildman–Crippen LogP) is 3.48. The van der Waals surface area contributed by atoms with E-state index in [2.05, 4.69) is 21.2 Å². The Morgan fingerprint density at radius 2 is 1.96 bits per heavy atom. The number of methoxy groups -OCH3 is 1. The maximum absolute atomic E-state index is 6.11. The molecule has 0 aliphatic carbocycles. The zero-order chi connectivity index (χ0) is 18.6. The molecule has 0 radical (unpaired) electrons. The van der Waals surface area contributed by atoms with Crippen LogP contribution in [0.2, 0.25) is 0 Å². The molecule has 9 heteroatoms. The van der Waals surface area contributed by atoms with E-state index in [-0.39, 0.29) is 6.61 Å². The van der Waals surface area contributed by atoms with E-state index in [1.54, 1.807) is 24.5 Å². The number of hydrogen-bond acceptors (Lipinski definition) is 8. The van der Waals surface area contributed by atoms with E-state index < -0.39 is 0 Å². The zero-order valence-electron chi connectivity index (χ0n) is 14.5. The minimum atomic E-state index is 0.221. The number of rotatable bonds is 7. The number of nitrogens with zero attached hydrogens (tertiary/aromatic N) is 4. The minimum absolute atomic E-state index is 0.221. The van der Waals surface area contributed by atoms with Crippen molar-refractivity contribution in [2.75, 3.05) is 13.0 Å². The minimum Gasteiger partial charge on any atom is -0.497 e. The molecule has 138 valence electrons. The number of para-hydroxylation sites is 1. The molecule has 0 aliphatic rings. The van der Waals surface area contributed by atoms with Gasteiger partial charge in [-0.15, -0.1) is 21.5 Å². The van der Waals surface area contributed by atoms with Gasteiger partial charge in [-0.2, -0.15) is 0 Å². The third-order valence-corrected chi connectivity index (χ3v) is 5.98. The van der Waals surface area contributed by atoms with Crippen molar-refractivity contribution < 1.29 is 9.47 Å². The number of nitrogens with two attached hydrogens (primary N) is 1. The van der Waals surface area contributed by atoms with Gasteiger partial charge in [0, 0.05) is 6.07 Å². The Morgan fingerprint density at radius 3 is 2.81 bits per heavy atom. The number of benzene rings is 2. The quantitative estimate of drug-likeness (QED) is 0.376. The van der Waals surface area contributed by atoms with Gasteiger partial charge < -0.3 is 15.3 Å². The molecule has 2 aromatic carbocycles. The van der Waals surface area contributed by atoms with Crippen LogP contribution >= 0.6 is 23.1 Å². The SMILES string of the molecule is COc1cccc(OCc2nnc(SCc3nc4ccccc4s3)n2N)c1. The van der Waals surface area contributed by atoms with Crippen molar-refractivity contribution in [3.05, 3.63) is 59.4 Å². The lowest BCUT2D eigenvalue weighted by Crippen LogP contribution is -2.15. The Bertz CT molecular complexity index is 1030. The first-order chi connectivity index (χ1) is 13.2. The van der Waals surface area contributed by atoms with E-state index in [1.807, 2.05) is 36.4 Å². The van der Waals surface area contributed by atoms with Crippen LogP contribution in [-0.4, -0.2) is 27.0 Å². The molecule has 0 amide bonds. The summed E-state index contributed by atoms with van der Waals surface area (Å²) in [5.74, 6) is 8.76. The number of nitrogen functional groups attached to an aromatic ring is 1. The molecule has 0 spiro atoms. The summed E-state index contributed by atoms with van der Waals surface area (Å²) in [5, 5.41) is 9.93. The van der Waals surface area contributed by atoms with E-state index >= 15 is 0 Å². The highest BCUT2D eigenvalue weighted by molar-refractivity contribution is 7.98. The van der Waals surface area contributed by atoms with Crippen LogP contribution in [0.1, 0.15) is 10.8 Å². The lowest BCUT2D eigenvalue weighted by Gasteiger charge is -2.07. The molecule has 0 aliphatic heterocycles. The van der Waals surface area contributed by atoms with Crippen LogP contribution in [0.15, 0.2) is 53.7 Å². The molecule has 2 aromatic heterocycles. The van der Waals surface area contributed by atoms with Crippen LogP contribution < -0.4 is 15.3 Å². The number of ether oxygens (including phenoxy) is 2. The van der Waals surface area contributed by atoms with Crippen molar-refractivity contribution in [1.82, 2.24) is 19.9 Å². The number of aromatic nitrogens is 4. The topological polar surface area (TPSA) is 88.1 Å². The first-order valence-electron chi connectivity index (χ1n) is 8.16. The van der Waals surface area contributed by atoms with Crippen molar-refractivity contribution in [1.29, 1.82) is 0 Å². The fraction of sp³-hybridized carbons (Fsp3) is 0.167. The summed E-state index contributed by atoms with van der Waals surface area (Å²) in [5.41, 5.74) is 1.01. The molecule has 2 N–H and O–H groups in total. The molecule has 0 saturated heterocycles. The first-order valence-corrected chi connectivity index (χ1v) is 9.96. The van der Waals surface area contributed by atoms with Gasteiger partial charge in [-0.3, -0.25) is 0 Å². The maximum Gasteiger partial charge on any atom is 0.210 e. The second kappa shape index (κ2) is 7.85. The van der Waals surface area contributed by atoms with E-state index in [4.69, 9.17) is 15.3 Å². The van der Waals surface area contributed by atoms with Crippen LogP contribution in [0.5, 0.6) is 11.5 Å². The van der Waals surface area contributed by atoms with Gasteiger partial charge in [0.05, 0.1) is 23.1 Å². The largest absolute Gasteiger partial charge is 0.497 e. The van der Waals surface area contributed by atoms with Gasteiger partial charge in [-0.25, -0.2) is 9.66 Å². The van der Waals surface area contributed by atoms with Crippen molar-refractivity contribution in [3.8, 4) is 11.5 Å². The van der Waals surface area contributed by atoms with Gasteiger partial charge in [0.2, 0.25) is 5.16 Å². The zero-order valence-corrected chi connectivity index (χ0v) is 16.2. The number of thioether (sulfide) groups is 1. The Balaban J connectivity index is 1.39. The summed E-state index contributed by atoms with van der Waals surface area (Å²) in [6, 6.07) is 15.5. The molecule has 4 aromatic rings. The average molecular weight is 400 g/mol. The Morgan fingerprint density at radius 1 is 1.11 bits per heavy atom. The first kappa shape index (κ1) is 17.6. The van der Waals surface area contributed by atoms with Crippen molar-refractivity contribution in [3.63, 3.8) is 0 Å². The molecular formula is C18H17N5O2S2. The van der Waals surface area contributed by atoms with E-state index in [0.717, 1.165) is 16.3 Å². The Hall–Kier alpha value is -2.78. The third kappa shape index (κ3) is 3.99. The Labute approximate surface area is 164 Å². The van der Waals surface area contributed by atoms with E-state index in [9.17, 15) is 0 Å². The van der Waals surface area contributed by atoms with Crippen LogP contribution in [-0.2, 0) is 12.4 Å². The molecule has 7 nitrogen and oxygen atoms in total. The van der Waals surface area contributed by atoms with E-state index in [0.29, 0.717) is 22.5 Å². The summed E-state index contributed by atoms with van der Waals surface area (Å²) in [6.07, 6.45) is 0. The van der Waals surface area contributed by atoms with Crippen molar-refractivity contribution >= 4 is 33.3 Å². The van der Waals surface area contributed by atoms with Crippen molar-refractivity contribution in [2.24, 2.45) is 0 Å². The summed E-state index contributed by atoms with van der Waals surface area (Å²) in [4.78, 5) is 4.62. The molecule has 0 saturated carbocycles. The van der Waals surface area contributed by atoms with Gasteiger partial charge >= 0.3 is 0 Å². The van der Waals surface area contributed by atoms with Gasteiger partial charge in [0.1, 0.15) is 23.1 Å². The van der Waals surface area contributed by atoms with Crippen LogP contribution in [0.3, 0.4) is 0 Å². The lowest BCUT2D eigenvalue weighted by atomic mass is 10.3. The highest BCUT2D eigenvalue weighted by atomic mass is 32.2. The molecule has 0 bridgehead atoms. The molecule has 27 heavy (non-hydrogen) atoms. The summed E-state index contributed by atoms with van der Waals surface area (Å²) < 4.78 is 13.5. The second-order valence-corrected chi connectivity index (χ2v) is 7.66. The fourth-order valence-corrected chi connectivity index (χ4v) is 4.29. The smallest absolute Gasteiger partial charge is 0.210 e.